The second kappa shape index (κ2) is 12.6. The molecule has 3 rings (SSSR count). The standard InChI is InChI=1S/C27H33F3N4O6Si/c1-26(2,3)41(4,5)39-16-20-19(35)14-21(40-20)34-15-18(12-9-13-31-24(37)27(28,29)30)22(33-25(34)38)32-23(36)17-10-7-6-8-11-17/h6-8,10-11,15,19-21,35H,13-14,16H2,1-5H3,(H,31,37)(H,32,33,36,38)/t19?,20-,21-/m1/s1. The molecule has 1 aromatic carbocycles. The fourth-order valence-corrected chi connectivity index (χ4v) is 4.55. The first-order chi connectivity index (χ1) is 19.0. The van der Waals surface area contributed by atoms with Crippen LogP contribution >= 0.6 is 0 Å². The molecule has 3 N–H and O–H groups in total. The summed E-state index contributed by atoms with van der Waals surface area (Å²) in [6.45, 7) is 9.81. The maximum atomic E-state index is 13.0. The van der Waals surface area contributed by atoms with E-state index in [1.807, 2.05) is 0 Å². The molecule has 14 heteroatoms. The molecule has 10 nitrogen and oxygen atoms in total. The Morgan fingerprint density at radius 1 is 1.22 bits per heavy atom. The van der Waals surface area contributed by atoms with E-state index in [1.54, 1.807) is 23.5 Å². The number of nitrogens with zero attached hydrogens (tertiary/aromatic N) is 2. The van der Waals surface area contributed by atoms with Gasteiger partial charge in [-0.15, -0.1) is 0 Å². The minimum atomic E-state index is -5.07. The van der Waals surface area contributed by atoms with Crippen molar-refractivity contribution in [1.29, 1.82) is 0 Å². The van der Waals surface area contributed by atoms with Crippen LogP contribution in [-0.2, 0) is 14.0 Å². The van der Waals surface area contributed by atoms with E-state index in [1.165, 1.54) is 18.3 Å². The van der Waals surface area contributed by atoms with Crippen molar-refractivity contribution in [3.63, 3.8) is 0 Å². The van der Waals surface area contributed by atoms with Crippen LogP contribution in [0.4, 0.5) is 19.0 Å². The molecular formula is C27H33F3N4O6Si. The number of nitrogens with one attached hydrogen (secondary N) is 2. The van der Waals surface area contributed by atoms with Crippen molar-refractivity contribution in [2.45, 2.75) is 69.9 Å². The van der Waals surface area contributed by atoms with Gasteiger partial charge in [-0.05, 0) is 30.3 Å². The van der Waals surface area contributed by atoms with Gasteiger partial charge in [0.25, 0.3) is 5.91 Å². The third-order valence-corrected chi connectivity index (χ3v) is 11.5. The molecule has 2 heterocycles. The number of aliphatic hydroxyl groups is 1. The van der Waals surface area contributed by atoms with E-state index in [9.17, 15) is 32.7 Å². The minimum absolute atomic E-state index is 0.0193. The Labute approximate surface area is 236 Å². The van der Waals surface area contributed by atoms with Gasteiger partial charge in [0.2, 0.25) is 0 Å². The van der Waals surface area contributed by atoms with Crippen LogP contribution in [0.5, 0.6) is 0 Å². The maximum absolute atomic E-state index is 13.0. The summed E-state index contributed by atoms with van der Waals surface area (Å²) < 4.78 is 50.6. The highest BCUT2D eigenvalue weighted by molar-refractivity contribution is 6.74. The molecule has 3 atom stereocenters. The van der Waals surface area contributed by atoms with E-state index in [-0.39, 0.29) is 35.0 Å². The Hall–Kier alpha value is -3.51. The Morgan fingerprint density at radius 2 is 1.88 bits per heavy atom. The number of carbonyl (C=O) groups excluding carboxylic acids is 2. The largest absolute Gasteiger partial charge is 0.471 e. The number of amides is 2. The first kappa shape index (κ1) is 32.0. The summed E-state index contributed by atoms with van der Waals surface area (Å²) in [5, 5.41) is 14.7. The average molecular weight is 595 g/mol. The van der Waals surface area contributed by atoms with Crippen molar-refractivity contribution in [3.05, 3.63) is 58.1 Å². The number of alkyl halides is 3. The van der Waals surface area contributed by atoms with Crippen LogP contribution in [0.1, 0.15) is 49.3 Å². The fourth-order valence-electron chi connectivity index (χ4n) is 3.54. The number of hydrogen-bond donors (Lipinski definition) is 3. The first-order valence-electron chi connectivity index (χ1n) is 12.8. The summed E-state index contributed by atoms with van der Waals surface area (Å²) in [5.74, 6) is 1.93. The van der Waals surface area contributed by atoms with Crippen LogP contribution < -0.4 is 16.3 Å². The molecule has 1 unspecified atom stereocenters. The van der Waals surface area contributed by atoms with Gasteiger partial charge in [0.05, 0.1) is 24.8 Å². The molecule has 1 saturated heterocycles. The highest BCUT2D eigenvalue weighted by Gasteiger charge is 2.41. The Kier molecular flexibility index (Phi) is 9.80. The lowest BCUT2D eigenvalue weighted by Crippen LogP contribution is -2.43. The molecule has 2 aromatic rings. The monoisotopic (exact) mass is 594 g/mol. The number of aliphatic hydroxyl groups excluding tert-OH is 1. The molecule has 222 valence electrons. The van der Waals surface area contributed by atoms with Crippen LogP contribution in [-0.4, -0.2) is 66.3 Å². The van der Waals surface area contributed by atoms with Gasteiger partial charge in [-0.2, -0.15) is 18.2 Å². The number of anilines is 1. The number of halogens is 3. The van der Waals surface area contributed by atoms with Crippen molar-refractivity contribution in [2.24, 2.45) is 0 Å². The molecule has 0 bridgehead atoms. The highest BCUT2D eigenvalue weighted by atomic mass is 28.4. The molecule has 0 radical (unpaired) electrons. The van der Waals surface area contributed by atoms with Crippen LogP contribution in [0.2, 0.25) is 18.1 Å². The quantitative estimate of drug-likeness (QED) is 0.331. The van der Waals surface area contributed by atoms with Crippen molar-refractivity contribution < 1.29 is 37.0 Å². The third kappa shape index (κ3) is 8.26. The van der Waals surface area contributed by atoms with E-state index < -0.39 is 57.0 Å². The van der Waals surface area contributed by atoms with Gasteiger partial charge in [-0.3, -0.25) is 14.2 Å². The van der Waals surface area contributed by atoms with E-state index in [4.69, 9.17) is 9.16 Å². The number of carbonyl (C=O) groups is 2. The lowest BCUT2D eigenvalue weighted by atomic mass is 10.2. The van der Waals surface area contributed by atoms with E-state index in [2.05, 4.69) is 56.0 Å². The van der Waals surface area contributed by atoms with Gasteiger partial charge in [-0.25, -0.2) is 4.79 Å². The molecule has 1 aliphatic rings. The van der Waals surface area contributed by atoms with Crippen LogP contribution in [0.15, 0.2) is 41.3 Å². The zero-order valence-electron chi connectivity index (χ0n) is 23.3. The van der Waals surface area contributed by atoms with E-state index >= 15 is 0 Å². The summed E-state index contributed by atoms with van der Waals surface area (Å²) in [4.78, 5) is 40.7. The summed E-state index contributed by atoms with van der Waals surface area (Å²) in [6, 6.07) is 8.06. The zero-order chi connectivity index (χ0) is 30.6. The number of aromatic nitrogens is 2. The highest BCUT2D eigenvalue weighted by Crippen LogP contribution is 2.37. The summed E-state index contributed by atoms with van der Waals surface area (Å²) in [6.07, 6.45) is -6.40. The van der Waals surface area contributed by atoms with Crippen molar-refractivity contribution in [2.75, 3.05) is 18.5 Å². The lowest BCUT2D eigenvalue weighted by Gasteiger charge is -2.37. The molecule has 41 heavy (non-hydrogen) atoms. The number of benzene rings is 1. The number of ether oxygens (including phenoxy) is 1. The predicted molar refractivity (Wildman–Crippen MR) is 147 cm³/mol. The number of hydrogen-bond acceptors (Lipinski definition) is 7. The van der Waals surface area contributed by atoms with Crippen molar-refractivity contribution in [3.8, 4) is 11.8 Å². The van der Waals surface area contributed by atoms with Crippen molar-refractivity contribution >= 4 is 25.9 Å². The fraction of sp³-hybridized carbons (Fsp3) is 0.481. The second-order valence-corrected chi connectivity index (χ2v) is 15.8. The average Bonchev–Trinajstić information content (AvgIpc) is 3.25. The molecule has 0 saturated carbocycles. The molecule has 0 spiro atoms. The van der Waals surface area contributed by atoms with Crippen LogP contribution in [0.3, 0.4) is 0 Å². The van der Waals surface area contributed by atoms with Crippen LogP contribution in [0, 0.1) is 11.8 Å². The normalized spacial score (nSPS) is 19.3. The smallest absolute Gasteiger partial charge is 0.414 e. The molecule has 1 aromatic heterocycles. The second-order valence-electron chi connectivity index (χ2n) is 11.0. The molecule has 1 fully saturated rings. The minimum Gasteiger partial charge on any atom is -0.414 e. The molecule has 1 aliphatic heterocycles. The summed E-state index contributed by atoms with van der Waals surface area (Å²) in [5.41, 5.74) is -0.566. The van der Waals surface area contributed by atoms with Gasteiger partial charge in [0.15, 0.2) is 14.1 Å². The first-order valence-corrected chi connectivity index (χ1v) is 15.7. The number of rotatable bonds is 7. The van der Waals surface area contributed by atoms with Gasteiger partial charge in [0, 0.05) is 18.2 Å². The Balaban J connectivity index is 1.86. The van der Waals surface area contributed by atoms with Gasteiger partial charge in [-0.1, -0.05) is 50.8 Å². The van der Waals surface area contributed by atoms with E-state index in [0.29, 0.717) is 0 Å². The zero-order valence-corrected chi connectivity index (χ0v) is 24.3. The Bertz CT molecular complexity index is 1380. The van der Waals surface area contributed by atoms with Gasteiger partial charge in [0.1, 0.15) is 12.3 Å². The lowest BCUT2D eigenvalue weighted by molar-refractivity contribution is -0.173. The van der Waals surface area contributed by atoms with E-state index in [0.717, 1.165) is 4.57 Å². The predicted octanol–water partition coefficient (Wildman–Crippen LogP) is 3.20. The topological polar surface area (TPSA) is 132 Å². The molecular weight excluding hydrogens is 561 g/mol. The van der Waals surface area contributed by atoms with Gasteiger partial charge >= 0.3 is 17.8 Å². The molecule has 0 aliphatic carbocycles. The SMILES string of the molecule is CC(C)(C)[Si](C)(C)OC[C@H]1O[C@@H](n2cc(C#CCNC(=O)C(F)(F)F)c(NC(=O)c3ccccc3)nc2=O)CC1O. The summed E-state index contributed by atoms with van der Waals surface area (Å²) in [7, 11) is -2.14. The third-order valence-electron chi connectivity index (χ3n) is 6.97. The van der Waals surface area contributed by atoms with Crippen LogP contribution in [0.25, 0.3) is 0 Å². The maximum Gasteiger partial charge on any atom is 0.471 e. The molecule has 2 amide bonds. The van der Waals surface area contributed by atoms with Crippen molar-refractivity contribution in [1.82, 2.24) is 14.9 Å². The van der Waals surface area contributed by atoms with Gasteiger partial charge < -0.3 is 24.9 Å². The Morgan fingerprint density at radius 3 is 2.49 bits per heavy atom. The summed E-state index contributed by atoms with van der Waals surface area (Å²) >= 11 is 0.